The molecule has 0 radical (unpaired) electrons. The lowest BCUT2D eigenvalue weighted by Gasteiger charge is -2.24. The molecule has 2 heterocycles. The number of amides is 1. The van der Waals surface area contributed by atoms with E-state index < -0.39 is 35.1 Å². The molecule has 1 aromatic heterocycles. The number of rotatable bonds is 5. The van der Waals surface area contributed by atoms with Gasteiger partial charge in [-0.25, -0.2) is 8.78 Å². The van der Waals surface area contributed by atoms with E-state index in [0.29, 0.717) is 12.4 Å². The van der Waals surface area contributed by atoms with Crippen molar-refractivity contribution in [1.29, 1.82) is 0 Å². The second-order valence-corrected chi connectivity index (χ2v) is 6.98. The highest BCUT2D eigenvalue weighted by atomic mass is 19.2. The Hall–Kier alpha value is -4.07. The van der Waals surface area contributed by atoms with Gasteiger partial charge in [0.1, 0.15) is 17.6 Å². The zero-order valence-electron chi connectivity index (χ0n) is 17.0. The number of ketones is 1. The van der Waals surface area contributed by atoms with Crippen LogP contribution in [-0.4, -0.2) is 28.4 Å². The van der Waals surface area contributed by atoms with E-state index in [9.17, 15) is 23.5 Å². The molecule has 1 aliphatic rings. The Balaban J connectivity index is 1.92. The lowest BCUT2D eigenvalue weighted by Crippen LogP contribution is -2.30. The third-order valence-electron chi connectivity index (χ3n) is 5.01. The minimum absolute atomic E-state index is 0.0382. The SMILES string of the molecule is CCOc1cccc(/C(O)=C2\C(=O)C(=O)N(c3ccc(F)c(F)c3)C2c2ccccn2)c1. The fourth-order valence-corrected chi connectivity index (χ4v) is 3.61. The van der Waals surface area contributed by atoms with Crippen LogP contribution < -0.4 is 9.64 Å². The number of hydrogen-bond acceptors (Lipinski definition) is 5. The minimum atomic E-state index is -1.17. The van der Waals surface area contributed by atoms with E-state index in [4.69, 9.17) is 4.74 Å². The van der Waals surface area contributed by atoms with Gasteiger partial charge >= 0.3 is 0 Å². The van der Waals surface area contributed by atoms with Crippen LogP contribution in [0.15, 0.2) is 72.4 Å². The number of anilines is 1. The smallest absolute Gasteiger partial charge is 0.300 e. The molecule has 32 heavy (non-hydrogen) atoms. The molecule has 1 amide bonds. The van der Waals surface area contributed by atoms with Crippen LogP contribution in [0.4, 0.5) is 14.5 Å². The molecular formula is C24H18F2N2O4. The quantitative estimate of drug-likeness (QED) is 0.365. The molecule has 0 aliphatic carbocycles. The van der Waals surface area contributed by atoms with Crippen molar-refractivity contribution in [3.8, 4) is 5.75 Å². The third kappa shape index (κ3) is 3.71. The summed E-state index contributed by atoms with van der Waals surface area (Å²) in [6.07, 6.45) is 1.47. The van der Waals surface area contributed by atoms with E-state index in [-0.39, 0.29) is 22.5 Å². The van der Waals surface area contributed by atoms with Gasteiger partial charge in [-0.3, -0.25) is 19.5 Å². The maximum atomic E-state index is 13.9. The molecule has 1 unspecified atom stereocenters. The van der Waals surface area contributed by atoms with Crippen LogP contribution in [0.1, 0.15) is 24.2 Å². The first-order valence-electron chi connectivity index (χ1n) is 9.82. The number of aliphatic hydroxyl groups is 1. The molecule has 1 fully saturated rings. The van der Waals surface area contributed by atoms with Crippen LogP contribution in [0.2, 0.25) is 0 Å². The number of Topliss-reactive ketones (excluding diaryl/α,β-unsaturated/α-hetero) is 1. The largest absolute Gasteiger partial charge is 0.507 e. The predicted octanol–water partition coefficient (Wildman–Crippen LogP) is 4.38. The second kappa shape index (κ2) is 8.58. The Morgan fingerprint density at radius 3 is 2.56 bits per heavy atom. The van der Waals surface area contributed by atoms with Crippen LogP contribution in [-0.2, 0) is 9.59 Å². The number of carbonyl (C=O) groups is 2. The van der Waals surface area contributed by atoms with Crippen LogP contribution in [0, 0.1) is 11.6 Å². The summed E-state index contributed by atoms with van der Waals surface area (Å²) in [6, 6.07) is 13.1. The van der Waals surface area contributed by atoms with Crippen LogP contribution in [0.5, 0.6) is 5.75 Å². The van der Waals surface area contributed by atoms with Crippen molar-refractivity contribution in [2.24, 2.45) is 0 Å². The maximum Gasteiger partial charge on any atom is 0.300 e. The van der Waals surface area contributed by atoms with Gasteiger partial charge < -0.3 is 9.84 Å². The first kappa shape index (κ1) is 21.2. The third-order valence-corrected chi connectivity index (χ3v) is 5.01. The first-order valence-corrected chi connectivity index (χ1v) is 9.82. The van der Waals surface area contributed by atoms with E-state index in [2.05, 4.69) is 4.98 Å². The Labute approximate surface area is 182 Å². The van der Waals surface area contributed by atoms with Gasteiger partial charge in [-0.15, -0.1) is 0 Å². The number of pyridine rings is 1. The molecule has 2 aromatic carbocycles. The highest BCUT2D eigenvalue weighted by molar-refractivity contribution is 6.51. The second-order valence-electron chi connectivity index (χ2n) is 6.98. The molecule has 1 aliphatic heterocycles. The standard InChI is InChI=1S/C24H18F2N2O4/c1-2-32-16-7-5-6-14(12-16)22(29)20-21(19-8-3-4-11-27-19)28(24(31)23(20)30)15-9-10-17(25)18(26)13-15/h3-13,21,29H,2H2,1H3/b22-20+. The zero-order valence-corrected chi connectivity index (χ0v) is 17.0. The summed E-state index contributed by atoms with van der Waals surface area (Å²) in [6.45, 7) is 2.21. The number of ether oxygens (including phenoxy) is 1. The summed E-state index contributed by atoms with van der Waals surface area (Å²) in [5.74, 6) is -4.17. The van der Waals surface area contributed by atoms with Crippen LogP contribution >= 0.6 is 0 Å². The van der Waals surface area contributed by atoms with Crippen LogP contribution in [0.25, 0.3) is 5.76 Å². The van der Waals surface area contributed by atoms with Gasteiger partial charge in [0.05, 0.1) is 17.9 Å². The van der Waals surface area contributed by atoms with E-state index in [1.807, 2.05) is 0 Å². The summed E-state index contributed by atoms with van der Waals surface area (Å²) < 4.78 is 32.9. The van der Waals surface area contributed by atoms with Crippen molar-refractivity contribution in [3.63, 3.8) is 0 Å². The van der Waals surface area contributed by atoms with Gasteiger partial charge in [0.25, 0.3) is 11.7 Å². The molecule has 0 saturated carbocycles. The van der Waals surface area contributed by atoms with Crippen molar-refractivity contribution in [3.05, 3.63) is 95.3 Å². The minimum Gasteiger partial charge on any atom is -0.507 e. The Bertz CT molecular complexity index is 1230. The zero-order chi connectivity index (χ0) is 22.8. The average Bonchev–Trinajstić information content (AvgIpc) is 3.07. The topological polar surface area (TPSA) is 79.7 Å². The van der Waals surface area contributed by atoms with Gasteiger partial charge in [-0.05, 0) is 43.3 Å². The molecule has 1 saturated heterocycles. The number of halogens is 2. The van der Waals surface area contributed by atoms with Gasteiger partial charge in [-0.1, -0.05) is 18.2 Å². The van der Waals surface area contributed by atoms with Gasteiger partial charge in [0.15, 0.2) is 11.6 Å². The normalized spacial score (nSPS) is 17.6. The number of carbonyl (C=O) groups excluding carboxylic acids is 2. The lowest BCUT2D eigenvalue weighted by atomic mass is 9.98. The highest BCUT2D eigenvalue weighted by Gasteiger charge is 2.47. The number of benzene rings is 2. The molecule has 0 spiro atoms. The predicted molar refractivity (Wildman–Crippen MR) is 113 cm³/mol. The summed E-state index contributed by atoms with van der Waals surface area (Å²) in [7, 11) is 0. The molecule has 6 nitrogen and oxygen atoms in total. The van der Waals surface area contributed by atoms with Gasteiger partial charge in [0, 0.05) is 23.5 Å². The fourth-order valence-electron chi connectivity index (χ4n) is 3.61. The van der Waals surface area contributed by atoms with Crippen molar-refractivity contribution < 1.29 is 28.2 Å². The molecule has 4 rings (SSSR count). The van der Waals surface area contributed by atoms with E-state index in [1.165, 1.54) is 12.3 Å². The monoisotopic (exact) mass is 436 g/mol. The van der Waals surface area contributed by atoms with Crippen molar-refractivity contribution >= 4 is 23.1 Å². The summed E-state index contributed by atoms with van der Waals surface area (Å²) in [4.78, 5) is 31.2. The van der Waals surface area contributed by atoms with Crippen molar-refractivity contribution in [2.75, 3.05) is 11.5 Å². The number of hydrogen-bond donors (Lipinski definition) is 1. The van der Waals surface area contributed by atoms with Crippen molar-refractivity contribution in [2.45, 2.75) is 13.0 Å². The van der Waals surface area contributed by atoms with E-state index >= 15 is 0 Å². The summed E-state index contributed by atoms with van der Waals surface area (Å²) >= 11 is 0. The van der Waals surface area contributed by atoms with Crippen molar-refractivity contribution in [1.82, 2.24) is 4.98 Å². The Morgan fingerprint density at radius 1 is 1.06 bits per heavy atom. The Kier molecular flexibility index (Phi) is 5.68. The molecule has 3 aromatic rings. The Morgan fingerprint density at radius 2 is 1.88 bits per heavy atom. The average molecular weight is 436 g/mol. The molecule has 1 atom stereocenters. The molecular weight excluding hydrogens is 418 g/mol. The first-order chi connectivity index (χ1) is 15.4. The lowest BCUT2D eigenvalue weighted by molar-refractivity contribution is -0.132. The number of aromatic nitrogens is 1. The van der Waals surface area contributed by atoms with Gasteiger partial charge in [0.2, 0.25) is 0 Å². The summed E-state index contributed by atoms with van der Waals surface area (Å²) in [5, 5.41) is 11.1. The maximum absolute atomic E-state index is 13.9. The summed E-state index contributed by atoms with van der Waals surface area (Å²) in [5.41, 5.74) is 0.287. The van der Waals surface area contributed by atoms with E-state index in [1.54, 1.807) is 49.4 Å². The number of aliphatic hydroxyl groups excluding tert-OH is 1. The van der Waals surface area contributed by atoms with Gasteiger partial charge in [-0.2, -0.15) is 0 Å². The molecule has 8 heteroatoms. The van der Waals surface area contributed by atoms with E-state index in [0.717, 1.165) is 17.0 Å². The number of nitrogens with zero attached hydrogens (tertiary/aromatic N) is 2. The molecule has 162 valence electrons. The highest BCUT2D eigenvalue weighted by Crippen LogP contribution is 2.41. The fraction of sp³-hybridized carbons (Fsp3) is 0.125. The molecule has 0 bridgehead atoms. The van der Waals surface area contributed by atoms with Crippen LogP contribution in [0.3, 0.4) is 0 Å². The molecule has 1 N–H and O–H groups in total.